The average molecular weight is 259 g/mol. The highest BCUT2D eigenvalue weighted by Gasteiger charge is 2.26. The third-order valence-electron chi connectivity index (χ3n) is 2.49. The van der Waals surface area contributed by atoms with Gasteiger partial charge in [0.1, 0.15) is 12.0 Å². The number of hydrogen-bond donors (Lipinski definition) is 1. The molecule has 1 aliphatic carbocycles. The molecule has 0 radical (unpaired) electrons. The molecule has 1 aromatic heterocycles. The second-order valence-electron chi connectivity index (χ2n) is 3.56. The quantitative estimate of drug-likeness (QED) is 0.882. The Hall–Kier alpha value is -0.640. The Bertz CT molecular complexity index is 319. The van der Waals surface area contributed by atoms with Crippen molar-refractivity contribution in [2.75, 3.05) is 5.32 Å². The second-order valence-corrected chi connectivity index (χ2v) is 4.47. The largest absolute Gasteiger partial charge is 0.364 e. The van der Waals surface area contributed by atoms with E-state index in [2.05, 4.69) is 26.2 Å². The fourth-order valence-electron chi connectivity index (χ4n) is 1.75. The summed E-state index contributed by atoms with van der Waals surface area (Å²) in [5.74, 6) is 0.744. The van der Waals surface area contributed by atoms with E-state index in [1.807, 2.05) is 12.1 Å². The van der Waals surface area contributed by atoms with Crippen molar-refractivity contribution in [3.8, 4) is 0 Å². The minimum Gasteiger partial charge on any atom is -0.364 e. The fourth-order valence-corrected chi connectivity index (χ4v) is 2.09. The van der Waals surface area contributed by atoms with Gasteiger partial charge in [0.15, 0.2) is 0 Å². The molecule has 0 unspecified atom stereocenters. The molecule has 2 atom stereocenters. The van der Waals surface area contributed by atoms with Gasteiger partial charge < -0.3 is 5.32 Å². The van der Waals surface area contributed by atoms with Crippen LogP contribution in [0.25, 0.3) is 0 Å². The van der Waals surface area contributed by atoms with Gasteiger partial charge in [0.05, 0.1) is 6.04 Å². The lowest BCUT2D eigenvalue weighted by atomic mass is 10.2. The van der Waals surface area contributed by atoms with Gasteiger partial charge in [-0.2, -0.15) is 0 Å². The van der Waals surface area contributed by atoms with Crippen molar-refractivity contribution in [1.29, 1.82) is 0 Å². The lowest BCUT2D eigenvalue weighted by Gasteiger charge is -2.15. The molecule has 0 bridgehead atoms. The summed E-state index contributed by atoms with van der Waals surface area (Å²) in [6.45, 7) is 0. The molecule has 1 saturated carbocycles. The summed E-state index contributed by atoms with van der Waals surface area (Å²) in [6.07, 6.45) is 3.51. The molecular weight excluding hydrogens is 247 g/mol. The van der Waals surface area contributed by atoms with Crippen molar-refractivity contribution < 1.29 is 4.39 Å². The van der Waals surface area contributed by atoms with E-state index in [9.17, 15) is 4.39 Å². The van der Waals surface area contributed by atoms with E-state index in [0.29, 0.717) is 6.42 Å². The molecule has 1 heterocycles. The number of rotatable bonds is 2. The molecule has 4 heteroatoms. The van der Waals surface area contributed by atoms with Crippen molar-refractivity contribution in [2.24, 2.45) is 0 Å². The topological polar surface area (TPSA) is 24.9 Å². The van der Waals surface area contributed by atoms with Crippen LogP contribution in [0.3, 0.4) is 0 Å². The van der Waals surface area contributed by atoms with Crippen molar-refractivity contribution in [2.45, 2.75) is 31.5 Å². The molecule has 0 saturated heterocycles. The van der Waals surface area contributed by atoms with Gasteiger partial charge in [-0.1, -0.05) is 15.9 Å². The Balaban J connectivity index is 2.03. The lowest BCUT2D eigenvalue weighted by Crippen LogP contribution is -2.25. The van der Waals surface area contributed by atoms with Gasteiger partial charge in [0.2, 0.25) is 0 Å². The first kappa shape index (κ1) is 9.90. The molecule has 14 heavy (non-hydrogen) atoms. The number of alkyl halides is 1. The number of hydrogen-bond acceptors (Lipinski definition) is 2. The van der Waals surface area contributed by atoms with Gasteiger partial charge in [0, 0.05) is 10.7 Å². The van der Waals surface area contributed by atoms with Gasteiger partial charge in [-0.25, -0.2) is 9.37 Å². The summed E-state index contributed by atoms with van der Waals surface area (Å²) in [6, 6.07) is 3.66. The molecule has 76 valence electrons. The maximum atomic E-state index is 13.3. The Morgan fingerprint density at radius 1 is 1.50 bits per heavy atom. The van der Waals surface area contributed by atoms with E-state index >= 15 is 0 Å². The molecule has 1 N–H and O–H groups in total. The maximum absolute atomic E-state index is 13.3. The first-order valence-corrected chi connectivity index (χ1v) is 5.57. The Labute approximate surface area is 91.1 Å². The van der Waals surface area contributed by atoms with Crippen LogP contribution in [0.2, 0.25) is 0 Å². The maximum Gasteiger partial charge on any atom is 0.127 e. The van der Waals surface area contributed by atoms with Crippen LogP contribution in [0.5, 0.6) is 0 Å². The van der Waals surface area contributed by atoms with Crippen LogP contribution < -0.4 is 5.32 Å². The second kappa shape index (κ2) is 4.26. The molecule has 0 aromatic carbocycles. The minimum atomic E-state index is -0.726. The van der Waals surface area contributed by atoms with Crippen LogP contribution in [0.15, 0.2) is 22.8 Å². The van der Waals surface area contributed by atoms with E-state index in [1.54, 1.807) is 6.20 Å². The standard InChI is InChI=1S/C10H12BrFN2/c11-7-4-5-13-10(6-7)14-9-3-1-2-8(9)12/h4-6,8-9H,1-3H2,(H,13,14)/t8-,9+/m1/s1. The summed E-state index contributed by atoms with van der Waals surface area (Å²) in [4.78, 5) is 4.13. The predicted octanol–water partition coefficient (Wildman–Crippen LogP) is 3.15. The minimum absolute atomic E-state index is 0.0585. The number of nitrogens with one attached hydrogen (secondary N) is 1. The van der Waals surface area contributed by atoms with Crippen molar-refractivity contribution in [1.82, 2.24) is 4.98 Å². The lowest BCUT2D eigenvalue weighted by molar-refractivity contribution is 0.323. The fraction of sp³-hybridized carbons (Fsp3) is 0.500. The summed E-state index contributed by atoms with van der Waals surface area (Å²) < 4.78 is 14.2. The number of nitrogens with zero attached hydrogens (tertiary/aromatic N) is 1. The predicted molar refractivity (Wildman–Crippen MR) is 58.1 cm³/mol. The van der Waals surface area contributed by atoms with Crippen LogP contribution in [-0.2, 0) is 0 Å². The zero-order valence-electron chi connectivity index (χ0n) is 7.71. The van der Waals surface area contributed by atoms with E-state index < -0.39 is 6.17 Å². The van der Waals surface area contributed by atoms with Crippen LogP contribution >= 0.6 is 15.9 Å². The van der Waals surface area contributed by atoms with E-state index in [-0.39, 0.29) is 6.04 Å². The summed E-state index contributed by atoms with van der Waals surface area (Å²) in [7, 11) is 0. The van der Waals surface area contributed by atoms with Gasteiger partial charge >= 0.3 is 0 Å². The van der Waals surface area contributed by atoms with E-state index in [4.69, 9.17) is 0 Å². The normalized spacial score (nSPS) is 26.4. The van der Waals surface area contributed by atoms with Gasteiger partial charge in [-0.3, -0.25) is 0 Å². The van der Waals surface area contributed by atoms with Crippen LogP contribution in [-0.4, -0.2) is 17.2 Å². The molecule has 1 fully saturated rings. The highest BCUT2D eigenvalue weighted by molar-refractivity contribution is 9.10. The third kappa shape index (κ3) is 2.23. The first-order chi connectivity index (χ1) is 6.75. The molecule has 0 amide bonds. The number of aromatic nitrogens is 1. The monoisotopic (exact) mass is 258 g/mol. The van der Waals surface area contributed by atoms with Crippen LogP contribution in [0.1, 0.15) is 19.3 Å². The average Bonchev–Trinajstić information content (AvgIpc) is 2.52. The summed E-state index contributed by atoms with van der Waals surface area (Å²) in [5, 5.41) is 3.12. The molecular formula is C10H12BrFN2. The highest BCUT2D eigenvalue weighted by atomic mass is 79.9. The zero-order chi connectivity index (χ0) is 9.97. The molecule has 1 aliphatic rings. The Kier molecular flexibility index (Phi) is 3.01. The SMILES string of the molecule is F[C@@H]1CCC[C@@H]1Nc1cc(Br)ccn1. The van der Waals surface area contributed by atoms with Crippen LogP contribution in [0.4, 0.5) is 10.2 Å². The number of pyridine rings is 1. The number of anilines is 1. The van der Waals surface area contributed by atoms with Gasteiger partial charge in [-0.05, 0) is 31.4 Å². The van der Waals surface area contributed by atoms with Crippen LogP contribution in [0, 0.1) is 0 Å². The van der Waals surface area contributed by atoms with Crippen molar-refractivity contribution in [3.63, 3.8) is 0 Å². The first-order valence-electron chi connectivity index (χ1n) is 4.78. The molecule has 0 aliphatic heterocycles. The van der Waals surface area contributed by atoms with E-state index in [0.717, 1.165) is 23.1 Å². The van der Waals surface area contributed by atoms with E-state index in [1.165, 1.54) is 0 Å². The molecule has 2 nitrogen and oxygen atoms in total. The van der Waals surface area contributed by atoms with Crippen molar-refractivity contribution in [3.05, 3.63) is 22.8 Å². The van der Waals surface area contributed by atoms with Gasteiger partial charge in [0.25, 0.3) is 0 Å². The molecule has 0 spiro atoms. The number of halogens is 2. The molecule has 2 rings (SSSR count). The third-order valence-corrected chi connectivity index (χ3v) is 2.98. The summed E-state index contributed by atoms with van der Waals surface area (Å²) >= 11 is 3.35. The Morgan fingerprint density at radius 3 is 3.00 bits per heavy atom. The molecule has 1 aromatic rings. The van der Waals surface area contributed by atoms with Crippen molar-refractivity contribution >= 4 is 21.7 Å². The smallest absolute Gasteiger partial charge is 0.127 e. The summed E-state index contributed by atoms with van der Waals surface area (Å²) in [5.41, 5.74) is 0. The Morgan fingerprint density at radius 2 is 2.36 bits per heavy atom. The van der Waals surface area contributed by atoms with Gasteiger partial charge in [-0.15, -0.1) is 0 Å². The zero-order valence-corrected chi connectivity index (χ0v) is 9.30. The highest BCUT2D eigenvalue weighted by Crippen LogP contribution is 2.25.